The molecule has 0 radical (unpaired) electrons. The molecule has 118 valence electrons. The van der Waals surface area contributed by atoms with E-state index < -0.39 is 0 Å². The second-order valence-electron chi connectivity index (χ2n) is 7.51. The number of halogens is 1. The second kappa shape index (κ2) is 6.45. The standard InChI is InChI=1S/C18H29FN2/c1-17(2)8-5-10-21(11-9-17)18(3,14-20)13-15-6-4-7-16(19)12-15/h4,6-7,12H,5,8-11,13-14,20H2,1-3H3. The van der Waals surface area contributed by atoms with Crippen molar-refractivity contribution in [3.63, 3.8) is 0 Å². The molecule has 1 saturated heterocycles. The summed E-state index contributed by atoms with van der Waals surface area (Å²) in [7, 11) is 0. The van der Waals surface area contributed by atoms with Gasteiger partial charge < -0.3 is 5.73 Å². The van der Waals surface area contributed by atoms with Gasteiger partial charge in [0.1, 0.15) is 5.82 Å². The maximum Gasteiger partial charge on any atom is 0.123 e. The van der Waals surface area contributed by atoms with Crippen molar-refractivity contribution < 1.29 is 4.39 Å². The summed E-state index contributed by atoms with van der Waals surface area (Å²) in [6, 6.07) is 6.92. The molecule has 1 fully saturated rings. The van der Waals surface area contributed by atoms with Gasteiger partial charge in [-0.05, 0) is 68.8 Å². The second-order valence-corrected chi connectivity index (χ2v) is 7.51. The number of likely N-dealkylation sites (tertiary alicyclic amines) is 1. The predicted molar refractivity (Wildman–Crippen MR) is 86.8 cm³/mol. The van der Waals surface area contributed by atoms with Gasteiger partial charge in [-0.3, -0.25) is 4.90 Å². The van der Waals surface area contributed by atoms with E-state index in [1.165, 1.54) is 25.3 Å². The number of rotatable bonds is 4. The molecule has 0 aliphatic carbocycles. The summed E-state index contributed by atoms with van der Waals surface area (Å²) in [4.78, 5) is 2.52. The van der Waals surface area contributed by atoms with Gasteiger partial charge in [-0.2, -0.15) is 0 Å². The van der Waals surface area contributed by atoms with Crippen LogP contribution in [0, 0.1) is 11.2 Å². The van der Waals surface area contributed by atoms with Gasteiger partial charge in [-0.25, -0.2) is 4.39 Å². The van der Waals surface area contributed by atoms with Gasteiger partial charge in [-0.1, -0.05) is 26.0 Å². The Balaban J connectivity index is 2.12. The Bertz CT molecular complexity index is 472. The summed E-state index contributed by atoms with van der Waals surface area (Å²) in [6.45, 7) is 9.69. The summed E-state index contributed by atoms with van der Waals surface area (Å²) in [5.74, 6) is -0.163. The molecule has 0 bridgehead atoms. The molecule has 0 spiro atoms. The maximum atomic E-state index is 13.4. The van der Waals surface area contributed by atoms with Crippen LogP contribution in [-0.4, -0.2) is 30.1 Å². The first-order chi connectivity index (χ1) is 9.85. The number of benzene rings is 1. The summed E-state index contributed by atoms with van der Waals surface area (Å²) in [5.41, 5.74) is 7.47. The summed E-state index contributed by atoms with van der Waals surface area (Å²) < 4.78 is 13.4. The van der Waals surface area contributed by atoms with Crippen molar-refractivity contribution in [1.29, 1.82) is 0 Å². The average molecular weight is 292 g/mol. The fourth-order valence-corrected chi connectivity index (χ4v) is 3.36. The minimum atomic E-state index is -0.163. The van der Waals surface area contributed by atoms with E-state index in [0.717, 1.165) is 25.1 Å². The van der Waals surface area contributed by atoms with Crippen LogP contribution >= 0.6 is 0 Å². The van der Waals surface area contributed by atoms with Gasteiger partial charge in [0.05, 0.1) is 0 Å². The Morgan fingerprint density at radius 2 is 2.05 bits per heavy atom. The lowest BCUT2D eigenvalue weighted by molar-refractivity contribution is 0.110. The Hall–Kier alpha value is -0.930. The molecule has 0 aromatic heterocycles. The highest BCUT2D eigenvalue weighted by molar-refractivity contribution is 5.19. The molecule has 21 heavy (non-hydrogen) atoms. The van der Waals surface area contributed by atoms with E-state index in [-0.39, 0.29) is 11.4 Å². The third-order valence-electron chi connectivity index (χ3n) is 5.02. The first kappa shape index (κ1) is 16.4. The maximum absolute atomic E-state index is 13.4. The smallest absolute Gasteiger partial charge is 0.123 e. The van der Waals surface area contributed by atoms with E-state index in [0.29, 0.717) is 12.0 Å². The Labute approximate surface area is 128 Å². The highest BCUT2D eigenvalue weighted by Crippen LogP contribution is 2.33. The van der Waals surface area contributed by atoms with E-state index in [1.54, 1.807) is 12.1 Å². The van der Waals surface area contributed by atoms with Crippen LogP contribution in [0.2, 0.25) is 0 Å². The molecule has 1 heterocycles. The predicted octanol–water partition coefficient (Wildman–Crippen LogP) is 3.60. The van der Waals surface area contributed by atoms with Crippen molar-refractivity contribution >= 4 is 0 Å². The monoisotopic (exact) mass is 292 g/mol. The van der Waals surface area contributed by atoms with E-state index >= 15 is 0 Å². The van der Waals surface area contributed by atoms with E-state index in [2.05, 4.69) is 25.7 Å². The van der Waals surface area contributed by atoms with Crippen molar-refractivity contribution in [3.05, 3.63) is 35.6 Å². The largest absolute Gasteiger partial charge is 0.329 e. The lowest BCUT2D eigenvalue weighted by Crippen LogP contribution is -2.53. The minimum Gasteiger partial charge on any atom is -0.329 e. The van der Waals surface area contributed by atoms with Crippen molar-refractivity contribution in [2.45, 2.75) is 52.0 Å². The lowest BCUT2D eigenvalue weighted by Gasteiger charge is -2.40. The topological polar surface area (TPSA) is 29.3 Å². The van der Waals surface area contributed by atoms with Gasteiger partial charge in [0.25, 0.3) is 0 Å². The zero-order valence-corrected chi connectivity index (χ0v) is 13.7. The summed E-state index contributed by atoms with van der Waals surface area (Å²) >= 11 is 0. The SMILES string of the molecule is CC1(C)CCCN(C(C)(CN)Cc2cccc(F)c2)CC1. The summed E-state index contributed by atoms with van der Waals surface area (Å²) in [5, 5.41) is 0. The van der Waals surface area contributed by atoms with Gasteiger partial charge in [0.2, 0.25) is 0 Å². The summed E-state index contributed by atoms with van der Waals surface area (Å²) in [6.07, 6.45) is 4.49. The van der Waals surface area contributed by atoms with Crippen LogP contribution in [0.1, 0.15) is 45.6 Å². The van der Waals surface area contributed by atoms with Gasteiger partial charge >= 0.3 is 0 Å². The molecule has 3 heteroatoms. The number of hydrogen-bond donors (Lipinski definition) is 1. The molecule has 1 atom stereocenters. The van der Waals surface area contributed by atoms with E-state index in [1.807, 2.05) is 6.07 Å². The molecule has 1 unspecified atom stereocenters. The van der Waals surface area contributed by atoms with Gasteiger partial charge in [-0.15, -0.1) is 0 Å². The third-order valence-corrected chi connectivity index (χ3v) is 5.02. The fraction of sp³-hybridized carbons (Fsp3) is 0.667. The van der Waals surface area contributed by atoms with Crippen molar-refractivity contribution in [2.24, 2.45) is 11.1 Å². The van der Waals surface area contributed by atoms with Crippen LogP contribution in [0.4, 0.5) is 4.39 Å². The van der Waals surface area contributed by atoms with Crippen molar-refractivity contribution in [3.8, 4) is 0 Å². The van der Waals surface area contributed by atoms with Crippen LogP contribution in [0.25, 0.3) is 0 Å². The minimum absolute atomic E-state index is 0.0891. The highest BCUT2D eigenvalue weighted by atomic mass is 19.1. The van der Waals surface area contributed by atoms with E-state index in [4.69, 9.17) is 5.73 Å². The molecule has 0 saturated carbocycles. The molecular weight excluding hydrogens is 263 g/mol. The molecule has 2 rings (SSSR count). The molecule has 2 nitrogen and oxygen atoms in total. The molecule has 0 amide bonds. The third kappa shape index (κ3) is 4.27. The van der Waals surface area contributed by atoms with Crippen molar-refractivity contribution in [1.82, 2.24) is 4.90 Å². The first-order valence-electron chi connectivity index (χ1n) is 8.04. The number of nitrogens with two attached hydrogens (primary N) is 1. The van der Waals surface area contributed by atoms with Gasteiger partial charge in [0, 0.05) is 12.1 Å². The number of nitrogens with zero attached hydrogens (tertiary/aromatic N) is 1. The van der Waals surface area contributed by atoms with Crippen LogP contribution in [0.5, 0.6) is 0 Å². The lowest BCUT2D eigenvalue weighted by atomic mass is 9.85. The van der Waals surface area contributed by atoms with Crippen LogP contribution < -0.4 is 5.73 Å². The Morgan fingerprint density at radius 3 is 2.71 bits per heavy atom. The zero-order chi connectivity index (χ0) is 15.5. The molecule has 2 N–H and O–H groups in total. The fourth-order valence-electron chi connectivity index (χ4n) is 3.36. The molecule has 1 aliphatic rings. The van der Waals surface area contributed by atoms with E-state index in [9.17, 15) is 4.39 Å². The Kier molecular flexibility index (Phi) is 5.05. The van der Waals surface area contributed by atoms with Crippen molar-refractivity contribution in [2.75, 3.05) is 19.6 Å². The Morgan fingerprint density at radius 1 is 1.29 bits per heavy atom. The molecule has 1 aromatic rings. The number of hydrogen-bond acceptors (Lipinski definition) is 2. The zero-order valence-electron chi connectivity index (χ0n) is 13.7. The van der Waals surface area contributed by atoms with Crippen LogP contribution in [-0.2, 0) is 6.42 Å². The highest BCUT2D eigenvalue weighted by Gasteiger charge is 2.34. The quantitative estimate of drug-likeness (QED) is 0.919. The normalized spacial score (nSPS) is 22.5. The van der Waals surface area contributed by atoms with Crippen LogP contribution in [0.15, 0.2) is 24.3 Å². The van der Waals surface area contributed by atoms with Gasteiger partial charge in [0.15, 0.2) is 0 Å². The molecule has 1 aliphatic heterocycles. The first-order valence-corrected chi connectivity index (χ1v) is 8.04. The van der Waals surface area contributed by atoms with Crippen LogP contribution in [0.3, 0.4) is 0 Å². The molecular formula is C18H29FN2. The average Bonchev–Trinajstić information content (AvgIpc) is 2.60. The molecule has 1 aromatic carbocycles.